The van der Waals surface area contributed by atoms with Crippen LogP contribution in [0.15, 0.2) is 60.9 Å². The lowest BCUT2D eigenvalue weighted by molar-refractivity contribution is 0.0929. The number of carbonyl (C=O) groups is 1. The lowest BCUT2D eigenvalue weighted by Crippen LogP contribution is -2.41. The molecule has 30 heavy (non-hydrogen) atoms. The average molecular weight is 404 g/mol. The molecule has 1 atom stereocenters. The Labute approximate surface area is 177 Å². The van der Waals surface area contributed by atoms with Gasteiger partial charge >= 0.3 is 0 Å². The second kappa shape index (κ2) is 9.67. The summed E-state index contributed by atoms with van der Waals surface area (Å²) in [5.74, 6) is 1.47. The van der Waals surface area contributed by atoms with Crippen LogP contribution < -0.4 is 5.32 Å². The second-order valence-corrected chi connectivity index (χ2v) is 7.93. The van der Waals surface area contributed by atoms with Crippen LogP contribution in [-0.4, -0.2) is 45.2 Å². The number of benzene rings is 2. The molecule has 4 rings (SSSR count). The molecule has 2 aromatic carbocycles. The SMILES string of the molecule is CCn1cnnc1CN1CCC[C@H](CNC(=O)c2ccc(-c3ccccc3)cc2)C1. The number of rotatable bonds is 7. The fourth-order valence-corrected chi connectivity index (χ4v) is 4.11. The minimum atomic E-state index is -0.00235. The number of aryl methyl sites for hydroxylation is 1. The number of hydrogen-bond donors (Lipinski definition) is 1. The van der Waals surface area contributed by atoms with Gasteiger partial charge in [-0.2, -0.15) is 0 Å². The number of aromatic nitrogens is 3. The van der Waals surface area contributed by atoms with E-state index in [-0.39, 0.29) is 5.91 Å². The topological polar surface area (TPSA) is 63.1 Å². The molecular weight excluding hydrogens is 374 g/mol. The van der Waals surface area contributed by atoms with Crippen molar-refractivity contribution >= 4 is 5.91 Å². The number of carbonyl (C=O) groups excluding carboxylic acids is 1. The zero-order chi connectivity index (χ0) is 20.8. The Morgan fingerprint density at radius 1 is 1.10 bits per heavy atom. The Morgan fingerprint density at radius 3 is 2.63 bits per heavy atom. The van der Waals surface area contributed by atoms with Crippen LogP contribution in [0.25, 0.3) is 11.1 Å². The van der Waals surface area contributed by atoms with Gasteiger partial charge in [-0.1, -0.05) is 42.5 Å². The lowest BCUT2D eigenvalue weighted by atomic mass is 9.97. The van der Waals surface area contributed by atoms with Crippen LogP contribution in [0, 0.1) is 5.92 Å². The normalized spacial score (nSPS) is 17.0. The first-order valence-corrected chi connectivity index (χ1v) is 10.8. The molecule has 1 amide bonds. The molecule has 6 heteroatoms. The van der Waals surface area contributed by atoms with Crippen LogP contribution in [0.3, 0.4) is 0 Å². The van der Waals surface area contributed by atoms with E-state index in [0.717, 1.165) is 56.0 Å². The summed E-state index contributed by atoms with van der Waals surface area (Å²) in [4.78, 5) is 15.0. The van der Waals surface area contributed by atoms with Gasteiger partial charge in [-0.15, -0.1) is 10.2 Å². The summed E-state index contributed by atoms with van der Waals surface area (Å²) < 4.78 is 2.09. The zero-order valence-electron chi connectivity index (χ0n) is 17.5. The summed E-state index contributed by atoms with van der Waals surface area (Å²) in [6.45, 7) is 6.56. The third-order valence-electron chi connectivity index (χ3n) is 5.81. The maximum atomic E-state index is 12.6. The van der Waals surface area contributed by atoms with Crippen molar-refractivity contribution in [2.24, 2.45) is 5.92 Å². The zero-order valence-corrected chi connectivity index (χ0v) is 17.5. The summed E-state index contributed by atoms with van der Waals surface area (Å²) in [5.41, 5.74) is 2.99. The highest BCUT2D eigenvalue weighted by Crippen LogP contribution is 2.20. The van der Waals surface area contributed by atoms with Crippen molar-refractivity contribution in [1.29, 1.82) is 0 Å². The van der Waals surface area contributed by atoms with Crippen LogP contribution in [0.2, 0.25) is 0 Å². The second-order valence-electron chi connectivity index (χ2n) is 7.93. The van der Waals surface area contributed by atoms with Crippen molar-refractivity contribution in [3.63, 3.8) is 0 Å². The van der Waals surface area contributed by atoms with Crippen molar-refractivity contribution in [2.45, 2.75) is 32.9 Å². The highest BCUT2D eigenvalue weighted by atomic mass is 16.1. The molecule has 0 bridgehead atoms. The van der Waals surface area contributed by atoms with Gasteiger partial charge in [-0.05, 0) is 55.5 Å². The average Bonchev–Trinajstić information content (AvgIpc) is 3.25. The van der Waals surface area contributed by atoms with E-state index in [2.05, 4.69) is 44.0 Å². The van der Waals surface area contributed by atoms with Gasteiger partial charge in [-0.3, -0.25) is 9.69 Å². The third kappa shape index (κ3) is 4.94. The molecular formula is C24H29N5O. The number of amides is 1. The van der Waals surface area contributed by atoms with E-state index < -0.39 is 0 Å². The van der Waals surface area contributed by atoms with Crippen molar-refractivity contribution in [1.82, 2.24) is 25.0 Å². The predicted octanol–water partition coefficient (Wildman–Crippen LogP) is 3.61. The van der Waals surface area contributed by atoms with E-state index in [9.17, 15) is 4.79 Å². The van der Waals surface area contributed by atoms with E-state index in [1.807, 2.05) is 42.5 Å². The molecule has 0 spiro atoms. The maximum Gasteiger partial charge on any atom is 0.251 e. The predicted molar refractivity (Wildman–Crippen MR) is 118 cm³/mol. The van der Waals surface area contributed by atoms with Crippen molar-refractivity contribution in [2.75, 3.05) is 19.6 Å². The van der Waals surface area contributed by atoms with Gasteiger partial charge in [-0.25, -0.2) is 0 Å². The minimum absolute atomic E-state index is 0.00235. The first-order chi connectivity index (χ1) is 14.7. The van der Waals surface area contributed by atoms with Gasteiger partial charge in [0.2, 0.25) is 0 Å². The summed E-state index contributed by atoms with van der Waals surface area (Å²) >= 11 is 0. The van der Waals surface area contributed by atoms with Gasteiger partial charge in [0.05, 0.1) is 6.54 Å². The summed E-state index contributed by atoms with van der Waals surface area (Å²) in [7, 11) is 0. The van der Waals surface area contributed by atoms with E-state index in [1.54, 1.807) is 6.33 Å². The Morgan fingerprint density at radius 2 is 1.87 bits per heavy atom. The Kier molecular flexibility index (Phi) is 6.54. The molecule has 1 fully saturated rings. The number of nitrogens with zero attached hydrogens (tertiary/aromatic N) is 4. The molecule has 1 saturated heterocycles. The number of nitrogens with one attached hydrogen (secondary N) is 1. The van der Waals surface area contributed by atoms with Crippen molar-refractivity contribution in [3.05, 3.63) is 72.3 Å². The van der Waals surface area contributed by atoms with Crippen molar-refractivity contribution < 1.29 is 4.79 Å². The Hall–Kier alpha value is -2.99. The first-order valence-electron chi connectivity index (χ1n) is 10.8. The van der Waals surface area contributed by atoms with E-state index >= 15 is 0 Å². The quantitative estimate of drug-likeness (QED) is 0.655. The van der Waals surface area contributed by atoms with Crippen LogP contribution in [0.1, 0.15) is 35.9 Å². The molecule has 0 unspecified atom stereocenters. The summed E-state index contributed by atoms with van der Waals surface area (Å²) in [6, 6.07) is 18.0. The summed E-state index contributed by atoms with van der Waals surface area (Å²) in [6.07, 6.45) is 4.08. The highest BCUT2D eigenvalue weighted by molar-refractivity contribution is 5.94. The van der Waals surface area contributed by atoms with Gasteiger partial charge in [0.1, 0.15) is 12.2 Å². The molecule has 2 heterocycles. The van der Waals surface area contributed by atoms with E-state index in [4.69, 9.17) is 0 Å². The van der Waals surface area contributed by atoms with Crippen LogP contribution in [0.4, 0.5) is 0 Å². The lowest BCUT2D eigenvalue weighted by Gasteiger charge is -2.32. The first kappa shape index (κ1) is 20.3. The number of piperidine rings is 1. The van der Waals surface area contributed by atoms with Gasteiger partial charge in [0.25, 0.3) is 5.91 Å². The Balaban J connectivity index is 1.29. The van der Waals surface area contributed by atoms with Gasteiger partial charge in [0, 0.05) is 25.2 Å². The standard InChI is InChI=1S/C24H29N5O/c1-2-29-18-26-27-23(29)17-28-14-6-7-19(16-28)15-25-24(30)22-12-10-21(11-13-22)20-8-4-3-5-9-20/h3-5,8-13,18-19H,2,6-7,14-17H2,1H3,(H,25,30)/t19-/m1/s1. The molecule has 1 aromatic heterocycles. The molecule has 156 valence electrons. The van der Waals surface area contributed by atoms with Crippen LogP contribution in [0.5, 0.6) is 0 Å². The van der Waals surface area contributed by atoms with E-state index in [0.29, 0.717) is 18.0 Å². The minimum Gasteiger partial charge on any atom is -0.352 e. The maximum absolute atomic E-state index is 12.6. The molecule has 1 aliphatic heterocycles. The number of hydrogen-bond acceptors (Lipinski definition) is 4. The fourth-order valence-electron chi connectivity index (χ4n) is 4.11. The third-order valence-corrected chi connectivity index (χ3v) is 5.81. The van der Waals surface area contributed by atoms with Crippen LogP contribution >= 0.6 is 0 Å². The van der Waals surface area contributed by atoms with Gasteiger partial charge < -0.3 is 9.88 Å². The van der Waals surface area contributed by atoms with Crippen LogP contribution in [-0.2, 0) is 13.1 Å². The van der Waals surface area contributed by atoms with Gasteiger partial charge in [0.15, 0.2) is 0 Å². The van der Waals surface area contributed by atoms with E-state index in [1.165, 1.54) is 0 Å². The molecule has 0 saturated carbocycles. The summed E-state index contributed by atoms with van der Waals surface area (Å²) in [5, 5.41) is 11.4. The molecule has 0 aliphatic carbocycles. The molecule has 6 nitrogen and oxygen atoms in total. The van der Waals surface area contributed by atoms with Crippen molar-refractivity contribution in [3.8, 4) is 11.1 Å². The Bertz CT molecular complexity index is 951. The molecule has 1 N–H and O–H groups in total. The molecule has 0 radical (unpaired) electrons. The molecule has 3 aromatic rings. The number of likely N-dealkylation sites (tertiary alicyclic amines) is 1. The largest absolute Gasteiger partial charge is 0.352 e. The monoisotopic (exact) mass is 403 g/mol. The smallest absolute Gasteiger partial charge is 0.251 e. The molecule has 1 aliphatic rings. The fraction of sp³-hybridized carbons (Fsp3) is 0.375. The highest BCUT2D eigenvalue weighted by Gasteiger charge is 2.22.